The predicted octanol–water partition coefficient (Wildman–Crippen LogP) is 2.27. The van der Waals surface area contributed by atoms with Gasteiger partial charge in [0, 0.05) is 35.9 Å². The zero-order chi connectivity index (χ0) is 24.3. The molecule has 34 heavy (non-hydrogen) atoms. The van der Waals surface area contributed by atoms with E-state index >= 15 is 0 Å². The number of nitrogens with two attached hydrogens (primary N) is 1. The van der Waals surface area contributed by atoms with Gasteiger partial charge < -0.3 is 20.5 Å². The van der Waals surface area contributed by atoms with E-state index in [-0.39, 0.29) is 41.4 Å². The van der Waals surface area contributed by atoms with Gasteiger partial charge in [-0.1, -0.05) is 6.07 Å². The summed E-state index contributed by atoms with van der Waals surface area (Å²) in [6, 6.07) is 10.8. The standard InChI is InChI=1S/C23H24N4O6S/c1-2-33-23(29)19-14-25-20-7-6-16(13-18(20)21(19)24)26-22(28)15-4-3-5-17(12-15)34(30,31)27-8-10-32-11-9-27/h3-7,12-14H,2,8-11H2,1H3,(H2,24,25)(H,26,28). The molecule has 2 aromatic carbocycles. The maximum Gasteiger partial charge on any atom is 0.341 e. The van der Waals surface area contributed by atoms with E-state index in [4.69, 9.17) is 15.2 Å². The number of nitrogens with zero attached hydrogens (tertiary/aromatic N) is 2. The third-order valence-corrected chi connectivity index (χ3v) is 7.26. The monoisotopic (exact) mass is 484 g/mol. The summed E-state index contributed by atoms with van der Waals surface area (Å²) in [5.74, 6) is -1.08. The van der Waals surface area contributed by atoms with Gasteiger partial charge in [-0.3, -0.25) is 9.78 Å². The molecule has 1 aliphatic heterocycles. The molecule has 0 aliphatic carbocycles. The van der Waals surface area contributed by atoms with Crippen LogP contribution in [0, 0.1) is 0 Å². The van der Waals surface area contributed by atoms with E-state index in [9.17, 15) is 18.0 Å². The number of morpholine rings is 1. The molecule has 0 saturated carbocycles. The number of carbonyl (C=O) groups is 2. The van der Waals surface area contributed by atoms with Crippen LogP contribution in [-0.2, 0) is 19.5 Å². The van der Waals surface area contributed by atoms with Gasteiger partial charge in [-0.05, 0) is 43.3 Å². The zero-order valence-electron chi connectivity index (χ0n) is 18.5. The number of hydrogen-bond acceptors (Lipinski definition) is 8. The van der Waals surface area contributed by atoms with Gasteiger partial charge in [-0.15, -0.1) is 0 Å². The number of rotatable bonds is 6. The zero-order valence-corrected chi connectivity index (χ0v) is 19.3. The lowest BCUT2D eigenvalue weighted by Gasteiger charge is -2.26. The van der Waals surface area contributed by atoms with Crippen molar-refractivity contribution in [2.45, 2.75) is 11.8 Å². The van der Waals surface area contributed by atoms with Crippen molar-refractivity contribution in [3.05, 3.63) is 59.8 Å². The van der Waals surface area contributed by atoms with Crippen molar-refractivity contribution in [2.75, 3.05) is 44.0 Å². The first kappa shape index (κ1) is 23.6. The van der Waals surface area contributed by atoms with Gasteiger partial charge in [0.25, 0.3) is 5.91 Å². The normalized spacial score (nSPS) is 14.6. The number of fused-ring (bicyclic) bond motifs is 1. The number of amides is 1. The van der Waals surface area contributed by atoms with Gasteiger partial charge in [0.15, 0.2) is 0 Å². The van der Waals surface area contributed by atoms with Crippen LogP contribution < -0.4 is 11.1 Å². The summed E-state index contributed by atoms with van der Waals surface area (Å²) in [5, 5.41) is 3.22. The third kappa shape index (κ3) is 4.72. The van der Waals surface area contributed by atoms with Crippen molar-refractivity contribution >= 4 is 44.2 Å². The number of anilines is 2. The number of aromatic nitrogens is 1. The molecule has 1 saturated heterocycles. The second-order valence-corrected chi connectivity index (χ2v) is 9.47. The summed E-state index contributed by atoms with van der Waals surface area (Å²) in [5.41, 5.74) is 7.63. The number of nitrogen functional groups attached to an aromatic ring is 1. The fourth-order valence-corrected chi connectivity index (χ4v) is 5.05. The SMILES string of the molecule is CCOC(=O)c1cnc2ccc(NC(=O)c3cccc(S(=O)(=O)N4CCOCC4)c3)cc2c1N. The highest BCUT2D eigenvalue weighted by atomic mass is 32.2. The minimum atomic E-state index is -3.74. The minimum absolute atomic E-state index is 0.0353. The Labute approximate surface area is 196 Å². The van der Waals surface area contributed by atoms with Crippen LogP contribution in [0.15, 0.2) is 53.6 Å². The molecule has 0 radical (unpaired) electrons. The van der Waals surface area contributed by atoms with Gasteiger partial charge in [-0.2, -0.15) is 4.31 Å². The highest BCUT2D eigenvalue weighted by Gasteiger charge is 2.27. The van der Waals surface area contributed by atoms with Crippen molar-refractivity contribution < 1.29 is 27.5 Å². The highest BCUT2D eigenvalue weighted by Crippen LogP contribution is 2.27. The Morgan fingerprint density at radius 1 is 1.18 bits per heavy atom. The lowest BCUT2D eigenvalue weighted by Crippen LogP contribution is -2.40. The van der Waals surface area contributed by atoms with Crippen molar-refractivity contribution in [2.24, 2.45) is 0 Å². The molecule has 1 aromatic heterocycles. The van der Waals surface area contributed by atoms with E-state index in [0.29, 0.717) is 29.8 Å². The number of esters is 1. The van der Waals surface area contributed by atoms with Gasteiger partial charge in [-0.25, -0.2) is 13.2 Å². The van der Waals surface area contributed by atoms with Crippen molar-refractivity contribution in [1.29, 1.82) is 0 Å². The number of ether oxygens (including phenoxy) is 2. The predicted molar refractivity (Wildman–Crippen MR) is 126 cm³/mol. The first-order valence-corrected chi connectivity index (χ1v) is 12.1. The number of sulfonamides is 1. The van der Waals surface area contributed by atoms with Crippen LogP contribution in [0.5, 0.6) is 0 Å². The Morgan fingerprint density at radius 2 is 1.94 bits per heavy atom. The van der Waals surface area contributed by atoms with Crippen LogP contribution in [0.2, 0.25) is 0 Å². The molecule has 0 spiro atoms. The molecule has 1 aliphatic rings. The van der Waals surface area contributed by atoms with E-state index in [1.54, 1.807) is 25.1 Å². The van der Waals surface area contributed by atoms with Gasteiger partial charge in [0.1, 0.15) is 5.56 Å². The van der Waals surface area contributed by atoms with Crippen LogP contribution in [0.1, 0.15) is 27.6 Å². The Bertz CT molecular complexity index is 1350. The summed E-state index contributed by atoms with van der Waals surface area (Å²) in [6.07, 6.45) is 1.36. The van der Waals surface area contributed by atoms with Gasteiger partial charge >= 0.3 is 5.97 Å². The summed E-state index contributed by atoms with van der Waals surface area (Å²) in [7, 11) is -3.74. The van der Waals surface area contributed by atoms with Crippen LogP contribution >= 0.6 is 0 Å². The Morgan fingerprint density at radius 3 is 2.68 bits per heavy atom. The Kier molecular flexibility index (Phi) is 6.77. The topological polar surface area (TPSA) is 141 Å². The van der Waals surface area contributed by atoms with Crippen LogP contribution in [0.3, 0.4) is 0 Å². The van der Waals surface area contributed by atoms with Crippen LogP contribution in [0.25, 0.3) is 10.9 Å². The van der Waals surface area contributed by atoms with Crippen LogP contribution in [0.4, 0.5) is 11.4 Å². The Balaban J connectivity index is 1.59. The molecule has 3 aromatic rings. The number of hydrogen-bond donors (Lipinski definition) is 2. The summed E-state index contributed by atoms with van der Waals surface area (Å²) < 4.78 is 37.4. The molecule has 10 nitrogen and oxygen atoms in total. The molecule has 178 valence electrons. The molecule has 0 atom stereocenters. The molecule has 3 N–H and O–H groups in total. The molecule has 2 heterocycles. The lowest BCUT2D eigenvalue weighted by molar-refractivity contribution is 0.0527. The van der Waals surface area contributed by atoms with Crippen molar-refractivity contribution in [3.8, 4) is 0 Å². The van der Waals surface area contributed by atoms with Gasteiger partial charge in [0.2, 0.25) is 10.0 Å². The summed E-state index contributed by atoms with van der Waals surface area (Å²) in [4.78, 5) is 29.3. The molecular formula is C23H24N4O6S. The molecule has 1 amide bonds. The quantitative estimate of drug-likeness (QED) is 0.508. The van der Waals surface area contributed by atoms with Crippen molar-refractivity contribution in [3.63, 3.8) is 0 Å². The summed E-state index contributed by atoms with van der Waals surface area (Å²) >= 11 is 0. The lowest BCUT2D eigenvalue weighted by atomic mass is 10.1. The van der Waals surface area contributed by atoms with E-state index in [1.165, 1.54) is 34.8 Å². The summed E-state index contributed by atoms with van der Waals surface area (Å²) in [6.45, 7) is 3.08. The van der Waals surface area contributed by atoms with E-state index < -0.39 is 21.9 Å². The molecule has 0 unspecified atom stereocenters. The first-order valence-electron chi connectivity index (χ1n) is 10.7. The maximum absolute atomic E-state index is 12.9. The fraction of sp³-hybridized carbons (Fsp3) is 0.261. The Hall–Kier alpha value is -3.54. The molecular weight excluding hydrogens is 460 g/mol. The maximum atomic E-state index is 12.9. The molecule has 4 rings (SSSR count). The average molecular weight is 485 g/mol. The number of benzene rings is 2. The molecule has 1 fully saturated rings. The molecule has 11 heteroatoms. The third-order valence-electron chi connectivity index (χ3n) is 5.37. The molecule has 0 bridgehead atoms. The van der Waals surface area contributed by atoms with E-state index in [0.717, 1.165) is 0 Å². The second kappa shape index (κ2) is 9.75. The van der Waals surface area contributed by atoms with E-state index in [2.05, 4.69) is 10.3 Å². The van der Waals surface area contributed by atoms with Crippen LogP contribution in [-0.4, -0.2) is 62.5 Å². The van der Waals surface area contributed by atoms with E-state index in [1.807, 2.05) is 0 Å². The first-order chi connectivity index (χ1) is 16.3. The highest BCUT2D eigenvalue weighted by molar-refractivity contribution is 7.89. The fourth-order valence-electron chi connectivity index (χ4n) is 3.60. The average Bonchev–Trinajstić information content (AvgIpc) is 2.85. The minimum Gasteiger partial charge on any atom is -0.462 e. The number of nitrogens with one attached hydrogen (secondary N) is 1. The number of carbonyl (C=O) groups excluding carboxylic acids is 2. The largest absolute Gasteiger partial charge is 0.462 e. The smallest absolute Gasteiger partial charge is 0.341 e. The van der Waals surface area contributed by atoms with Gasteiger partial charge in [0.05, 0.1) is 35.9 Å². The second-order valence-electron chi connectivity index (χ2n) is 7.54. The number of pyridine rings is 1. The van der Waals surface area contributed by atoms with Crippen molar-refractivity contribution in [1.82, 2.24) is 9.29 Å².